The highest BCUT2D eigenvalue weighted by Gasteiger charge is 2.16. The van der Waals surface area contributed by atoms with Crippen LogP contribution in [0.2, 0.25) is 0 Å². The maximum Gasteiger partial charge on any atom is 0.220 e. The number of ether oxygens (including phenoxy) is 3. The third-order valence-corrected chi connectivity index (χ3v) is 4.54. The number of carbonyl (C=O) groups excluding carboxylic acids is 1. The number of methoxy groups -OCH3 is 2. The van der Waals surface area contributed by atoms with Gasteiger partial charge in [-0.2, -0.15) is 0 Å². The van der Waals surface area contributed by atoms with Gasteiger partial charge in [0.25, 0.3) is 0 Å². The molecule has 0 radical (unpaired) electrons. The van der Waals surface area contributed by atoms with E-state index in [0.29, 0.717) is 13.0 Å². The lowest BCUT2D eigenvalue weighted by Crippen LogP contribution is -2.38. The number of benzene rings is 1. The van der Waals surface area contributed by atoms with E-state index in [2.05, 4.69) is 10.2 Å². The van der Waals surface area contributed by atoms with Gasteiger partial charge < -0.3 is 19.5 Å². The van der Waals surface area contributed by atoms with Crippen LogP contribution in [0.4, 0.5) is 0 Å². The highest BCUT2D eigenvalue weighted by Crippen LogP contribution is 2.32. The Kier molecular flexibility index (Phi) is 8.01. The topological polar surface area (TPSA) is 60.0 Å². The summed E-state index contributed by atoms with van der Waals surface area (Å²) in [7, 11) is 3.26. The Labute approximate surface area is 150 Å². The van der Waals surface area contributed by atoms with E-state index in [1.54, 1.807) is 14.2 Å². The molecule has 1 aliphatic rings. The highest BCUT2D eigenvalue weighted by molar-refractivity contribution is 5.77. The third kappa shape index (κ3) is 6.21. The minimum absolute atomic E-state index is 0.0762. The van der Waals surface area contributed by atoms with Crippen molar-refractivity contribution < 1.29 is 19.0 Å². The SMILES string of the molecule is COc1ccc(C(C)CC(=O)NCCCN2CCOCC2)c(OC)c1. The van der Waals surface area contributed by atoms with Crippen molar-refractivity contribution in [3.8, 4) is 11.5 Å². The Hall–Kier alpha value is -1.79. The van der Waals surface area contributed by atoms with Crippen molar-refractivity contribution in [1.82, 2.24) is 10.2 Å². The molecule has 0 saturated carbocycles. The average Bonchev–Trinajstić information content (AvgIpc) is 2.65. The molecule has 1 aromatic carbocycles. The second-order valence-electron chi connectivity index (χ2n) is 6.37. The quantitative estimate of drug-likeness (QED) is 0.691. The second-order valence-corrected chi connectivity index (χ2v) is 6.37. The second kappa shape index (κ2) is 10.3. The zero-order valence-corrected chi connectivity index (χ0v) is 15.5. The van der Waals surface area contributed by atoms with Gasteiger partial charge in [-0.25, -0.2) is 0 Å². The molecule has 6 nitrogen and oxygen atoms in total. The van der Waals surface area contributed by atoms with Crippen LogP contribution in [0, 0.1) is 0 Å². The van der Waals surface area contributed by atoms with Crippen molar-refractivity contribution in [1.29, 1.82) is 0 Å². The first-order valence-corrected chi connectivity index (χ1v) is 8.92. The largest absolute Gasteiger partial charge is 0.497 e. The van der Waals surface area contributed by atoms with Crippen LogP contribution in [-0.4, -0.2) is 64.4 Å². The van der Waals surface area contributed by atoms with Crippen molar-refractivity contribution in [3.05, 3.63) is 23.8 Å². The van der Waals surface area contributed by atoms with E-state index >= 15 is 0 Å². The maximum absolute atomic E-state index is 12.2. The van der Waals surface area contributed by atoms with Crippen LogP contribution in [-0.2, 0) is 9.53 Å². The van der Waals surface area contributed by atoms with E-state index in [0.717, 1.165) is 56.3 Å². The average molecular weight is 350 g/mol. The summed E-state index contributed by atoms with van der Waals surface area (Å²) in [4.78, 5) is 14.6. The van der Waals surface area contributed by atoms with Crippen molar-refractivity contribution in [2.45, 2.75) is 25.7 Å². The summed E-state index contributed by atoms with van der Waals surface area (Å²) in [5.74, 6) is 1.67. The number of hydrogen-bond donors (Lipinski definition) is 1. The summed E-state index contributed by atoms with van der Waals surface area (Å²) in [5.41, 5.74) is 1.02. The predicted molar refractivity (Wildman–Crippen MR) is 97.5 cm³/mol. The molecule has 1 aromatic rings. The molecule has 1 unspecified atom stereocenters. The standard InChI is InChI=1S/C19H30N2O4/c1-15(17-6-5-16(23-2)14-18(17)24-3)13-19(22)20-7-4-8-21-9-11-25-12-10-21/h5-6,14-15H,4,7-13H2,1-3H3,(H,20,22). The van der Waals surface area contributed by atoms with E-state index in [9.17, 15) is 4.79 Å². The van der Waals surface area contributed by atoms with Crippen LogP contribution in [0.3, 0.4) is 0 Å². The molecule has 1 aliphatic heterocycles. The molecule has 1 heterocycles. The van der Waals surface area contributed by atoms with Gasteiger partial charge in [0, 0.05) is 32.1 Å². The maximum atomic E-state index is 12.2. The molecule has 1 N–H and O–H groups in total. The Morgan fingerprint density at radius 3 is 2.72 bits per heavy atom. The summed E-state index contributed by atoms with van der Waals surface area (Å²) < 4.78 is 16.0. The molecule has 1 atom stereocenters. The van der Waals surface area contributed by atoms with E-state index in [1.165, 1.54) is 0 Å². The summed E-state index contributed by atoms with van der Waals surface area (Å²) in [6.07, 6.45) is 1.41. The zero-order valence-electron chi connectivity index (χ0n) is 15.5. The van der Waals surface area contributed by atoms with Gasteiger partial charge in [0.05, 0.1) is 27.4 Å². The fraction of sp³-hybridized carbons (Fsp3) is 0.632. The first kappa shape index (κ1) is 19.5. The molecule has 0 aliphatic carbocycles. The van der Waals surface area contributed by atoms with Gasteiger partial charge in [0.15, 0.2) is 0 Å². The van der Waals surface area contributed by atoms with Crippen molar-refractivity contribution in [3.63, 3.8) is 0 Å². The van der Waals surface area contributed by atoms with Crippen LogP contribution >= 0.6 is 0 Å². The molecule has 0 aromatic heterocycles. The summed E-state index contributed by atoms with van der Waals surface area (Å²) in [5, 5.41) is 3.02. The molecule has 1 saturated heterocycles. The molecule has 6 heteroatoms. The molecule has 25 heavy (non-hydrogen) atoms. The lowest BCUT2D eigenvalue weighted by molar-refractivity contribution is -0.121. The van der Waals surface area contributed by atoms with Crippen molar-refractivity contribution in [2.24, 2.45) is 0 Å². The van der Waals surface area contributed by atoms with Crippen LogP contribution < -0.4 is 14.8 Å². The minimum atomic E-state index is 0.0762. The number of nitrogens with zero attached hydrogens (tertiary/aromatic N) is 1. The van der Waals surface area contributed by atoms with Gasteiger partial charge in [-0.05, 0) is 30.5 Å². The molecule has 1 amide bonds. The number of carbonyl (C=O) groups is 1. The molecule has 2 rings (SSSR count). The molecule has 0 spiro atoms. The van der Waals surface area contributed by atoms with Crippen LogP contribution in [0.15, 0.2) is 18.2 Å². The van der Waals surface area contributed by atoms with Gasteiger partial charge in [-0.3, -0.25) is 9.69 Å². The lowest BCUT2D eigenvalue weighted by atomic mass is 9.96. The number of rotatable bonds is 9. The minimum Gasteiger partial charge on any atom is -0.497 e. The molecular weight excluding hydrogens is 320 g/mol. The lowest BCUT2D eigenvalue weighted by Gasteiger charge is -2.26. The fourth-order valence-electron chi connectivity index (χ4n) is 3.04. The Bertz CT molecular complexity index is 544. The number of amides is 1. The predicted octanol–water partition coefficient (Wildman–Crippen LogP) is 2.04. The smallest absolute Gasteiger partial charge is 0.220 e. The van der Waals surface area contributed by atoms with Crippen molar-refractivity contribution >= 4 is 5.91 Å². The van der Waals surface area contributed by atoms with Gasteiger partial charge in [0.2, 0.25) is 5.91 Å². The summed E-state index contributed by atoms with van der Waals surface area (Å²) in [6, 6.07) is 5.72. The van der Waals surface area contributed by atoms with E-state index in [-0.39, 0.29) is 11.8 Å². The molecular formula is C19H30N2O4. The Balaban J connectivity index is 1.74. The number of hydrogen-bond acceptors (Lipinski definition) is 5. The monoisotopic (exact) mass is 350 g/mol. The van der Waals surface area contributed by atoms with Crippen molar-refractivity contribution in [2.75, 3.05) is 53.6 Å². The molecule has 140 valence electrons. The summed E-state index contributed by atoms with van der Waals surface area (Å²) >= 11 is 0. The van der Waals surface area contributed by atoms with Crippen LogP contribution in [0.1, 0.15) is 31.2 Å². The van der Waals surface area contributed by atoms with E-state index in [4.69, 9.17) is 14.2 Å². The van der Waals surface area contributed by atoms with Gasteiger partial charge in [-0.1, -0.05) is 13.0 Å². The Morgan fingerprint density at radius 1 is 1.28 bits per heavy atom. The van der Waals surface area contributed by atoms with Crippen LogP contribution in [0.25, 0.3) is 0 Å². The highest BCUT2D eigenvalue weighted by atomic mass is 16.5. The Morgan fingerprint density at radius 2 is 2.04 bits per heavy atom. The first-order chi connectivity index (χ1) is 12.1. The zero-order chi connectivity index (χ0) is 18.1. The third-order valence-electron chi connectivity index (χ3n) is 4.54. The molecule has 1 fully saturated rings. The first-order valence-electron chi connectivity index (χ1n) is 8.92. The number of nitrogens with one attached hydrogen (secondary N) is 1. The van der Waals surface area contributed by atoms with E-state index < -0.39 is 0 Å². The van der Waals surface area contributed by atoms with Crippen LogP contribution in [0.5, 0.6) is 11.5 Å². The fourth-order valence-corrected chi connectivity index (χ4v) is 3.04. The summed E-state index contributed by atoms with van der Waals surface area (Å²) in [6.45, 7) is 7.36. The molecule has 0 bridgehead atoms. The van der Waals surface area contributed by atoms with Gasteiger partial charge >= 0.3 is 0 Å². The van der Waals surface area contributed by atoms with E-state index in [1.807, 2.05) is 25.1 Å². The van der Waals surface area contributed by atoms with Gasteiger partial charge in [-0.15, -0.1) is 0 Å². The normalized spacial score (nSPS) is 16.3. The van der Waals surface area contributed by atoms with Gasteiger partial charge in [0.1, 0.15) is 11.5 Å². The number of morpholine rings is 1.